The molecule has 9 heteroatoms. The second kappa shape index (κ2) is 9.70. The number of methoxy groups -OCH3 is 1. The summed E-state index contributed by atoms with van der Waals surface area (Å²) in [5.41, 5.74) is -0.647. The Labute approximate surface area is 195 Å². The van der Waals surface area contributed by atoms with Crippen LogP contribution in [0.25, 0.3) is 10.8 Å². The number of nitrogens with zero attached hydrogens (tertiary/aromatic N) is 2. The molecule has 2 aromatic heterocycles. The highest BCUT2D eigenvalue weighted by atomic mass is 16.5. The van der Waals surface area contributed by atoms with E-state index >= 15 is 0 Å². The fourth-order valence-corrected chi connectivity index (χ4v) is 3.47. The van der Waals surface area contributed by atoms with Crippen LogP contribution in [0.5, 0.6) is 17.4 Å². The smallest absolute Gasteiger partial charge is 0.328 e. The van der Waals surface area contributed by atoms with Crippen molar-refractivity contribution in [1.29, 1.82) is 0 Å². The SMILES string of the molecule is COC(=O)C(Cc1ccc(Oc2nccc3cnccc23)cc1)Nc1c(OC(C)C)c(=O)c1=O. The third-order valence-electron chi connectivity index (χ3n) is 5.13. The van der Waals surface area contributed by atoms with Crippen LogP contribution in [0.3, 0.4) is 0 Å². The first kappa shape index (κ1) is 22.9. The van der Waals surface area contributed by atoms with Crippen LogP contribution in [-0.2, 0) is 16.0 Å². The molecule has 0 bridgehead atoms. The fraction of sp³-hybridized carbons (Fsp3) is 0.240. The number of rotatable bonds is 9. The summed E-state index contributed by atoms with van der Waals surface area (Å²) in [5.74, 6) is 0.394. The van der Waals surface area contributed by atoms with Crippen LogP contribution in [0, 0.1) is 0 Å². The second-order valence-corrected chi connectivity index (χ2v) is 7.91. The average Bonchev–Trinajstić information content (AvgIpc) is 2.85. The summed E-state index contributed by atoms with van der Waals surface area (Å²) in [6.45, 7) is 3.49. The number of carbonyl (C=O) groups excluding carboxylic acids is 1. The molecule has 2 heterocycles. The highest BCUT2D eigenvalue weighted by Crippen LogP contribution is 2.27. The lowest BCUT2D eigenvalue weighted by Gasteiger charge is -2.21. The Morgan fingerprint density at radius 3 is 2.50 bits per heavy atom. The molecule has 0 saturated carbocycles. The number of carbonyl (C=O) groups is 1. The fourth-order valence-electron chi connectivity index (χ4n) is 3.47. The summed E-state index contributed by atoms with van der Waals surface area (Å²) >= 11 is 0. The first-order chi connectivity index (χ1) is 16.4. The van der Waals surface area contributed by atoms with Gasteiger partial charge in [-0.15, -0.1) is 0 Å². The minimum absolute atomic E-state index is 0.00873. The maximum Gasteiger partial charge on any atom is 0.328 e. The molecule has 34 heavy (non-hydrogen) atoms. The van der Waals surface area contributed by atoms with Crippen molar-refractivity contribution in [2.24, 2.45) is 0 Å². The van der Waals surface area contributed by atoms with Gasteiger partial charge in [-0.25, -0.2) is 9.78 Å². The minimum Gasteiger partial charge on any atom is -0.485 e. The van der Waals surface area contributed by atoms with Crippen molar-refractivity contribution in [2.75, 3.05) is 12.4 Å². The predicted octanol–water partition coefficient (Wildman–Crippen LogP) is 3.00. The highest BCUT2D eigenvalue weighted by molar-refractivity contribution is 5.86. The number of benzene rings is 1. The molecule has 2 aromatic carbocycles. The van der Waals surface area contributed by atoms with Crippen molar-refractivity contribution in [3.05, 3.63) is 81.0 Å². The molecular weight excluding hydrogens is 438 g/mol. The Morgan fingerprint density at radius 2 is 1.79 bits per heavy atom. The molecule has 0 aliphatic rings. The maximum absolute atomic E-state index is 12.4. The van der Waals surface area contributed by atoms with Crippen molar-refractivity contribution in [2.45, 2.75) is 32.4 Å². The van der Waals surface area contributed by atoms with E-state index in [1.54, 1.807) is 56.7 Å². The van der Waals surface area contributed by atoms with Gasteiger partial charge in [-0.1, -0.05) is 12.1 Å². The van der Waals surface area contributed by atoms with E-state index in [2.05, 4.69) is 15.3 Å². The van der Waals surface area contributed by atoms with Crippen LogP contribution in [0.1, 0.15) is 19.4 Å². The number of nitrogens with one attached hydrogen (secondary N) is 1. The first-order valence-corrected chi connectivity index (χ1v) is 10.7. The van der Waals surface area contributed by atoms with E-state index in [0.29, 0.717) is 11.6 Å². The summed E-state index contributed by atoms with van der Waals surface area (Å²) in [5, 5.41) is 4.57. The average molecular weight is 461 g/mol. The number of hydrogen-bond acceptors (Lipinski definition) is 9. The molecule has 4 aromatic rings. The Balaban J connectivity index is 1.50. The van der Waals surface area contributed by atoms with Gasteiger partial charge in [0.25, 0.3) is 10.9 Å². The van der Waals surface area contributed by atoms with Gasteiger partial charge in [0.15, 0.2) is 5.75 Å². The maximum atomic E-state index is 12.4. The number of aromatic nitrogens is 2. The molecule has 0 saturated heterocycles. The molecule has 0 fully saturated rings. The molecule has 0 radical (unpaired) electrons. The van der Waals surface area contributed by atoms with Gasteiger partial charge in [0.2, 0.25) is 5.88 Å². The standard InChI is InChI=1S/C25H23N3O6/c1-14(2)33-23-20(21(29)22(23)30)28-19(25(31)32-3)12-15-4-6-17(7-5-15)34-24-18-9-10-26-13-16(18)8-11-27-24/h4-11,13-14,19,28H,12H2,1-3H3. The zero-order valence-electron chi connectivity index (χ0n) is 18.9. The van der Waals surface area contributed by atoms with Crippen LogP contribution < -0.4 is 25.6 Å². The van der Waals surface area contributed by atoms with Gasteiger partial charge in [0.05, 0.1) is 13.2 Å². The number of anilines is 1. The third kappa shape index (κ3) is 4.73. The van der Waals surface area contributed by atoms with Crippen LogP contribution >= 0.6 is 0 Å². The molecule has 0 spiro atoms. The molecule has 0 aliphatic heterocycles. The summed E-state index contributed by atoms with van der Waals surface area (Å²) < 4.78 is 16.2. The molecule has 4 rings (SSSR count). The lowest BCUT2D eigenvalue weighted by atomic mass is 10.0. The molecule has 174 valence electrons. The highest BCUT2D eigenvalue weighted by Gasteiger charge is 2.29. The largest absolute Gasteiger partial charge is 0.485 e. The Hall–Kier alpha value is -4.27. The Kier molecular flexibility index (Phi) is 6.53. The van der Waals surface area contributed by atoms with Crippen LogP contribution in [0.2, 0.25) is 0 Å². The quantitative estimate of drug-likeness (QED) is 0.296. The third-order valence-corrected chi connectivity index (χ3v) is 5.13. The van der Waals surface area contributed by atoms with E-state index in [1.165, 1.54) is 7.11 Å². The van der Waals surface area contributed by atoms with Crippen LogP contribution in [-0.4, -0.2) is 35.2 Å². The van der Waals surface area contributed by atoms with Gasteiger partial charge < -0.3 is 19.5 Å². The summed E-state index contributed by atoms with van der Waals surface area (Å²) in [4.78, 5) is 44.6. The second-order valence-electron chi connectivity index (χ2n) is 7.91. The summed E-state index contributed by atoms with van der Waals surface area (Å²) in [7, 11) is 1.26. The van der Waals surface area contributed by atoms with E-state index in [4.69, 9.17) is 14.2 Å². The lowest BCUT2D eigenvalue weighted by molar-refractivity contribution is -0.141. The Morgan fingerprint density at radius 1 is 1.03 bits per heavy atom. The van der Waals surface area contributed by atoms with Gasteiger partial charge in [-0.3, -0.25) is 14.6 Å². The first-order valence-electron chi connectivity index (χ1n) is 10.7. The minimum atomic E-state index is -0.887. The van der Waals surface area contributed by atoms with Crippen molar-refractivity contribution >= 4 is 22.4 Å². The molecule has 0 aliphatic carbocycles. The van der Waals surface area contributed by atoms with E-state index in [9.17, 15) is 14.4 Å². The van der Waals surface area contributed by atoms with E-state index in [0.717, 1.165) is 16.3 Å². The number of fused-ring (bicyclic) bond motifs is 1. The molecule has 0 amide bonds. The number of esters is 1. The molecule has 1 unspecified atom stereocenters. The van der Waals surface area contributed by atoms with E-state index in [-0.39, 0.29) is 24.0 Å². The Bertz CT molecular complexity index is 1390. The zero-order valence-corrected chi connectivity index (χ0v) is 18.9. The molecule has 1 atom stereocenters. The van der Waals surface area contributed by atoms with Gasteiger partial charge in [0, 0.05) is 35.8 Å². The normalized spacial score (nSPS) is 12.0. The molecule has 1 N–H and O–H groups in total. The van der Waals surface area contributed by atoms with Crippen molar-refractivity contribution in [3.63, 3.8) is 0 Å². The monoisotopic (exact) mass is 461 g/mol. The zero-order chi connectivity index (χ0) is 24.2. The number of pyridine rings is 2. The van der Waals surface area contributed by atoms with E-state index < -0.39 is 22.9 Å². The van der Waals surface area contributed by atoms with Gasteiger partial charge in [0.1, 0.15) is 17.5 Å². The summed E-state index contributed by atoms with van der Waals surface area (Å²) in [6.07, 6.45) is 4.98. The summed E-state index contributed by atoms with van der Waals surface area (Å²) in [6, 6.07) is 9.91. The number of ether oxygens (including phenoxy) is 3. The predicted molar refractivity (Wildman–Crippen MR) is 126 cm³/mol. The number of hydrogen-bond donors (Lipinski definition) is 1. The topological polar surface area (TPSA) is 117 Å². The van der Waals surface area contributed by atoms with Crippen molar-refractivity contribution in [3.8, 4) is 17.4 Å². The van der Waals surface area contributed by atoms with Crippen LogP contribution in [0.15, 0.2) is 64.6 Å². The molecule has 9 nitrogen and oxygen atoms in total. The van der Waals surface area contributed by atoms with Gasteiger partial charge in [-0.05, 0) is 43.7 Å². The van der Waals surface area contributed by atoms with Gasteiger partial charge in [-0.2, -0.15) is 0 Å². The van der Waals surface area contributed by atoms with Crippen LogP contribution in [0.4, 0.5) is 5.69 Å². The molecular formula is C25H23N3O6. The van der Waals surface area contributed by atoms with Crippen molar-refractivity contribution < 1.29 is 19.0 Å². The van der Waals surface area contributed by atoms with Gasteiger partial charge >= 0.3 is 5.97 Å². The van der Waals surface area contributed by atoms with E-state index in [1.807, 2.05) is 12.1 Å². The lowest BCUT2D eigenvalue weighted by Crippen LogP contribution is -2.42. The van der Waals surface area contributed by atoms with Crippen molar-refractivity contribution in [1.82, 2.24) is 9.97 Å².